The van der Waals surface area contributed by atoms with Crippen LogP contribution in [0, 0.1) is 19.8 Å². The summed E-state index contributed by atoms with van der Waals surface area (Å²) in [5.41, 5.74) is 3.54. The number of amides is 1. The molecule has 2 aliphatic heterocycles. The second kappa shape index (κ2) is 9.32. The summed E-state index contributed by atoms with van der Waals surface area (Å²) in [5, 5.41) is 3.08. The predicted octanol–water partition coefficient (Wildman–Crippen LogP) is 2.95. The molecular weight excluding hydrogens is 394 g/mol. The molecule has 7 nitrogen and oxygen atoms in total. The van der Waals surface area contributed by atoms with E-state index in [1.807, 2.05) is 38.1 Å². The summed E-state index contributed by atoms with van der Waals surface area (Å²) in [4.78, 5) is 15.4. The highest BCUT2D eigenvalue weighted by Crippen LogP contribution is 2.33. The van der Waals surface area contributed by atoms with E-state index in [9.17, 15) is 4.79 Å². The number of hydrogen-bond acceptors (Lipinski definition) is 5. The molecule has 1 aromatic carbocycles. The molecule has 2 aliphatic rings. The highest BCUT2D eigenvalue weighted by Gasteiger charge is 2.23. The van der Waals surface area contributed by atoms with Gasteiger partial charge in [0.25, 0.3) is 5.91 Å². The lowest BCUT2D eigenvalue weighted by molar-refractivity contribution is -0.0295. The van der Waals surface area contributed by atoms with Crippen molar-refractivity contribution in [3.05, 3.63) is 41.2 Å². The minimum absolute atomic E-state index is 0.0257. The lowest BCUT2D eigenvalue weighted by atomic mass is 10.1. The van der Waals surface area contributed by atoms with Crippen LogP contribution in [0.25, 0.3) is 5.69 Å². The molecule has 1 fully saturated rings. The average Bonchev–Trinajstić information content (AvgIpc) is 3.05. The van der Waals surface area contributed by atoms with Crippen LogP contribution in [-0.2, 0) is 4.74 Å². The summed E-state index contributed by atoms with van der Waals surface area (Å²) in [6, 6.07) is 7.82. The zero-order chi connectivity index (χ0) is 22.0. The summed E-state index contributed by atoms with van der Waals surface area (Å²) in [5.74, 6) is 2.05. The third-order valence-corrected chi connectivity index (χ3v) is 5.80. The van der Waals surface area contributed by atoms with Gasteiger partial charge in [0.1, 0.15) is 13.2 Å². The number of aryl methyl sites for hydroxylation is 1. The van der Waals surface area contributed by atoms with Crippen molar-refractivity contribution in [3.63, 3.8) is 0 Å². The van der Waals surface area contributed by atoms with Crippen LogP contribution in [0.4, 0.5) is 0 Å². The van der Waals surface area contributed by atoms with E-state index < -0.39 is 0 Å². The largest absolute Gasteiger partial charge is 0.486 e. The number of rotatable bonds is 6. The lowest BCUT2D eigenvalue weighted by Crippen LogP contribution is -2.48. The fourth-order valence-corrected chi connectivity index (χ4v) is 4.45. The molecule has 0 spiro atoms. The maximum Gasteiger partial charge on any atom is 0.253 e. The van der Waals surface area contributed by atoms with Crippen LogP contribution >= 0.6 is 0 Å². The van der Waals surface area contributed by atoms with Gasteiger partial charge in [-0.3, -0.25) is 9.69 Å². The fourth-order valence-electron chi connectivity index (χ4n) is 4.45. The molecule has 1 atom stereocenters. The molecule has 2 aromatic rings. The Morgan fingerprint density at radius 1 is 1.13 bits per heavy atom. The van der Waals surface area contributed by atoms with Crippen molar-refractivity contribution in [1.29, 1.82) is 0 Å². The van der Waals surface area contributed by atoms with E-state index >= 15 is 0 Å². The van der Waals surface area contributed by atoms with Gasteiger partial charge in [0.15, 0.2) is 11.5 Å². The van der Waals surface area contributed by atoms with E-state index in [1.54, 1.807) is 0 Å². The van der Waals surface area contributed by atoms with Crippen LogP contribution in [0.2, 0.25) is 0 Å². The van der Waals surface area contributed by atoms with Crippen LogP contribution in [0.15, 0.2) is 24.3 Å². The van der Waals surface area contributed by atoms with E-state index in [2.05, 4.69) is 28.6 Å². The molecule has 1 saturated heterocycles. The molecule has 7 heteroatoms. The zero-order valence-corrected chi connectivity index (χ0v) is 18.9. The van der Waals surface area contributed by atoms with Gasteiger partial charge in [-0.05, 0) is 38.0 Å². The average molecular weight is 428 g/mol. The molecule has 1 unspecified atom stereocenters. The maximum atomic E-state index is 13.0. The number of nitrogens with zero attached hydrogens (tertiary/aromatic N) is 2. The van der Waals surface area contributed by atoms with E-state index in [-0.39, 0.29) is 12.0 Å². The summed E-state index contributed by atoms with van der Waals surface area (Å²) < 4.78 is 19.3. The van der Waals surface area contributed by atoms with Gasteiger partial charge in [-0.2, -0.15) is 0 Å². The van der Waals surface area contributed by atoms with Gasteiger partial charge in [-0.25, -0.2) is 0 Å². The molecule has 4 rings (SSSR count). The molecule has 3 heterocycles. The summed E-state index contributed by atoms with van der Waals surface area (Å²) >= 11 is 0. The number of carbonyl (C=O) groups excluding carboxylic acids is 1. The number of fused-ring (bicyclic) bond motifs is 1. The lowest BCUT2D eigenvalue weighted by Gasteiger charge is -2.33. The number of aromatic nitrogens is 1. The van der Waals surface area contributed by atoms with Gasteiger partial charge < -0.3 is 24.1 Å². The highest BCUT2D eigenvalue weighted by molar-refractivity contribution is 5.96. The van der Waals surface area contributed by atoms with Gasteiger partial charge in [0.05, 0.1) is 18.3 Å². The van der Waals surface area contributed by atoms with Crippen LogP contribution in [-0.4, -0.2) is 67.5 Å². The third-order valence-electron chi connectivity index (χ3n) is 5.80. The van der Waals surface area contributed by atoms with Gasteiger partial charge in [-0.15, -0.1) is 0 Å². The van der Waals surface area contributed by atoms with E-state index in [0.29, 0.717) is 37.8 Å². The number of benzene rings is 1. The van der Waals surface area contributed by atoms with Gasteiger partial charge in [0, 0.05) is 49.3 Å². The Hall–Kier alpha value is -2.51. The first-order valence-electron chi connectivity index (χ1n) is 11.1. The molecule has 0 radical (unpaired) electrons. The van der Waals surface area contributed by atoms with Crippen LogP contribution < -0.4 is 14.8 Å². The molecule has 31 heavy (non-hydrogen) atoms. The van der Waals surface area contributed by atoms with Crippen molar-refractivity contribution in [2.75, 3.05) is 46.0 Å². The van der Waals surface area contributed by atoms with Crippen molar-refractivity contribution in [2.45, 2.75) is 33.8 Å². The molecular formula is C24H33N3O4. The Kier molecular flexibility index (Phi) is 6.53. The number of ether oxygens (including phenoxy) is 3. The zero-order valence-electron chi connectivity index (χ0n) is 18.9. The maximum absolute atomic E-state index is 13.0. The van der Waals surface area contributed by atoms with Gasteiger partial charge in [0.2, 0.25) is 0 Å². The van der Waals surface area contributed by atoms with Crippen molar-refractivity contribution in [2.24, 2.45) is 5.92 Å². The number of nitrogens with one attached hydrogen (secondary N) is 1. The standard InChI is InChI=1S/C24H33N3O4/c1-16(2)14-26-7-8-29-20(15-26)13-25-24(28)21-11-17(3)27(18(21)4)19-5-6-22-23(12-19)31-10-9-30-22/h5-6,11-12,16,20H,7-10,13-15H2,1-4H3,(H,25,28). The van der Waals surface area contributed by atoms with Crippen LogP contribution in [0.1, 0.15) is 35.6 Å². The van der Waals surface area contributed by atoms with E-state index in [0.717, 1.165) is 48.2 Å². The molecule has 1 N–H and O–H groups in total. The molecule has 0 saturated carbocycles. The van der Waals surface area contributed by atoms with E-state index in [4.69, 9.17) is 14.2 Å². The summed E-state index contributed by atoms with van der Waals surface area (Å²) in [6.45, 7) is 13.7. The second-order valence-corrected chi connectivity index (χ2v) is 8.80. The molecule has 1 amide bonds. The summed E-state index contributed by atoms with van der Waals surface area (Å²) in [6.07, 6.45) is 0.0257. The quantitative estimate of drug-likeness (QED) is 0.768. The monoisotopic (exact) mass is 427 g/mol. The number of morpholine rings is 1. The minimum Gasteiger partial charge on any atom is -0.486 e. The smallest absolute Gasteiger partial charge is 0.253 e. The fraction of sp³-hybridized carbons (Fsp3) is 0.542. The Labute approximate surface area is 184 Å². The Morgan fingerprint density at radius 2 is 1.90 bits per heavy atom. The first-order valence-corrected chi connectivity index (χ1v) is 11.1. The van der Waals surface area contributed by atoms with Gasteiger partial charge >= 0.3 is 0 Å². The third kappa shape index (κ3) is 4.88. The summed E-state index contributed by atoms with van der Waals surface area (Å²) in [7, 11) is 0. The SMILES string of the molecule is Cc1cc(C(=O)NCC2CN(CC(C)C)CCO2)c(C)n1-c1ccc2c(c1)OCCO2. The highest BCUT2D eigenvalue weighted by atomic mass is 16.6. The predicted molar refractivity (Wildman–Crippen MR) is 120 cm³/mol. The molecule has 1 aromatic heterocycles. The normalized spacial score (nSPS) is 18.9. The molecule has 0 bridgehead atoms. The van der Waals surface area contributed by atoms with E-state index in [1.165, 1.54) is 0 Å². The first kappa shape index (κ1) is 21.7. The van der Waals surface area contributed by atoms with Crippen LogP contribution in [0.3, 0.4) is 0 Å². The van der Waals surface area contributed by atoms with Crippen molar-refractivity contribution < 1.29 is 19.0 Å². The Balaban J connectivity index is 1.44. The molecule has 168 valence electrons. The first-order chi connectivity index (χ1) is 14.9. The van der Waals surface area contributed by atoms with Gasteiger partial charge in [-0.1, -0.05) is 13.8 Å². The van der Waals surface area contributed by atoms with Crippen molar-refractivity contribution in [3.8, 4) is 17.2 Å². The Bertz CT molecular complexity index is 937. The number of carbonyl (C=O) groups is 1. The second-order valence-electron chi connectivity index (χ2n) is 8.80. The number of hydrogen-bond donors (Lipinski definition) is 1. The van der Waals surface area contributed by atoms with Crippen molar-refractivity contribution >= 4 is 5.91 Å². The topological polar surface area (TPSA) is 65.0 Å². The van der Waals surface area contributed by atoms with Crippen molar-refractivity contribution in [1.82, 2.24) is 14.8 Å². The molecule has 0 aliphatic carbocycles. The Morgan fingerprint density at radius 3 is 2.68 bits per heavy atom. The van der Waals surface area contributed by atoms with Crippen LogP contribution in [0.5, 0.6) is 11.5 Å². The minimum atomic E-state index is -0.0681.